The molecular formula is C17H22N2. The Morgan fingerprint density at radius 1 is 0.895 bits per heavy atom. The fourth-order valence-corrected chi connectivity index (χ4v) is 2.11. The van der Waals surface area contributed by atoms with E-state index in [4.69, 9.17) is 5.73 Å². The maximum atomic E-state index is 5.61. The maximum absolute atomic E-state index is 5.61. The number of hydrogen-bond donors (Lipinski definition) is 1. The van der Waals surface area contributed by atoms with Gasteiger partial charge in [-0.2, -0.15) is 0 Å². The van der Waals surface area contributed by atoms with Gasteiger partial charge in [-0.3, -0.25) is 0 Å². The molecule has 0 aliphatic carbocycles. The normalized spacial score (nSPS) is 10.5. The van der Waals surface area contributed by atoms with Crippen LogP contribution in [0.2, 0.25) is 0 Å². The summed E-state index contributed by atoms with van der Waals surface area (Å²) in [5.41, 5.74) is 12.0. The van der Waals surface area contributed by atoms with E-state index in [1.165, 1.54) is 27.9 Å². The highest BCUT2D eigenvalue weighted by atomic mass is 15.1. The Morgan fingerprint density at radius 2 is 1.53 bits per heavy atom. The largest absolute Gasteiger partial charge is 0.370 e. The molecule has 0 bridgehead atoms. The zero-order valence-electron chi connectivity index (χ0n) is 12.0. The number of aryl methyl sites for hydroxylation is 2. The molecule has 0 fully saturated rings. The summed E-state index contributed by atoms with van der Waals surface area (Å²) in [6.07, 6.45) is 0. The Morgan fingerprint density at radius 3 is 2.11 bits per heavy atom. The van der Waals surface area contributed by atoms with Gasteiger partial charge in [0, 0.05) is 25.8 Å². The van der Waals surface area contributed by atoms with Gasteiger partial charge in [-0.15, -0.1) is 0 Å². The topological polar surface area (TPSA) is 29.3 Å². The van der Waals surface area contributed by atoms with Crippen molar-refractivity contribution in [3.8, 4) is 0 Å². The second kappa shape index (κ2) is 5.89. The highest BCUT2D eigenvalue weighted by Crippen LogP contribution is 2.19. The molecule has 2 aromatic rings. The van der Waals surface area contributed by atoms with Gasteiger partial charge in [-0.05, 0) is 48.2 Å². The molecule has 2 rings (SSSR count). The summed E-state index contributed by atoms with van der Waals surface area (Å²) >= 11 is 0. The molecule has 0 spiro atoms. The van der Waals surface area contributed by atoms with Crippen LogP contribution in [0.15, 0.2) is 42.5 Å². The molecule has 0 heterocycles. The van der Waals surface area contributed by atoms with E-state index in [-0.39, 0.29) is 0 Å². The fourth-order valence-electron chi connectivity index (χ4n) is 2.11. The van der Waals surface area contributed by atoms with Crippen molar-refractivity contribution in [1.29, 1.82) is 0 Å². The van der Waals surface area contributed by atoms with E-state index < -0.39 is 0 Å². The van der Waals surface area contributed by atoms with Crippen molar-refractivity contribution in [3.63, 3.8) is 0 Å². The number of anilines is 1. The van der Waals surface area contributed by atoms with Crippen LogP contribution in [-0.4, -0.2) is 7.05 Å². The zero-order valence-corrected chi connectivity index (χ0v) is 12.0. The van der Waals surface area contributed by atoms with Crippen LogP contribution in [0.25, 0.3) is 0 Å². The molecule has 0 aliphatic rings. The van der Waals surface area contributed by atoms with Gasteiger partial charge in [0.25, 0.3) is 0 Å². The van der Waals surface area contributed by atoms with E-state index in [9.17, 15) is 0 Å². The average Bonchev–Trinajstić information content (AvgIpc) is 2.42. The standard InChI is InChI=1S/C17H22N2/c1-13-4-9-17(10-14(13)2)19(3)12-16-7-5-15(11-18)6-8-16/h4-10H,11-12,18H2,1-3H3. The minimum atomic E-state index is 0.604. The Bertz CT molecular complexity index is 544. The van der Waals surface area contributed by atoms with E-state index in [1.807, 2.05) is 0 Å². The smallest absolute Gasteiger partial charge is 0.0426 e. The van der Waals surface area contributed by atoms with E-state index in [1.54, 1.807) is 0 Å². The first-order chi connectivity index (χ1) is 9.10. The molecule has 0 saturated carbocycles. The lowest BCUT2D eigenvalue weighted by Crippen LogP contribution is -2.16. The molecule has 0 aromatic heterocycles. The van der Waals surface area contributed by atoms with Crippen molar-refractivity contribution in [2.75, 3.05) is 11.9 Å². The minimum Gasteiger partial charge on any atom is -0.370 e. The molecular weight excluding hydrogens is 232 g/mol. The van der Waals surface area contributed by atoms with Gasteiger partial charge in [-0.1, -0.05) is 30.3 Å². The molecule has 0 unspecified atom stereocenters. The van der Waals surface area contributed by atoms with Crippen molar-refractivity contribution in [2.24, 2.45) is 5.73 Å². The van der Waals surface area contributed by atoms with Gasteiger partial charge < -0.3 is 10.6 Å². The molecule has 0 saturated heterocycles. The van der Waals surface area contributed by atoms with Crippen LogP contribution in [0.3, 0.4) is 0 Å². The summed E-state index contributed by atoms with van der Waals surface area (Å²) in [6.45, 7) is 5.81. The fraction of sp³-hybridized carbons (Fsp3) is 0.294. The highest BCUT2D eigenvalue weighted by Gasteiger charge is 2.03. The summed E-state index contributed by atoms with van der Waals surface area (Å²) in [7, 11) is 2.13. The summed E-state index contributed by atoms with van der Waals surface area (Å²) in [5.74, 6) is 0. The monoisotopic (exact) mass is 254 g/mol. The number of benzene rings is 2. The number of hydrogen-bond acceptors (Lipinski definition) is 2. The van der Waals surface area contributed by atoms with Crippen LogP contribution < -0.4 is 10.6 Å². The van der Waals surface area contributed by atoms with Crippen LogP contribution in [0.5, 0.6) is 0 Å². The van der Waals surface area contributed by atoms with E-state index in [2.05, 4.69) is 68.3 Å². The van der Waals surface area contributed by atoms with E-state index in [0.29, 0.717) is 6.54 Å². The van der Waals surface area contributed by atoms with Crippen LogP contribution >= 0.6 is 0 Å². The van der Waals surface area contributed by atoms with Crippen molar-refractivity contribution in [1.82, 2.24) is 0 Å². The SMILES string of the molecule is Cc1ccc(N(C)Cc2ccc(CN)cc2)cc1C. The molecule has 100 valence electrons. The van der Waals surface area contributed by atoms with Crippen LogP contribution in [-0.2, 0) is 13.1 Å². The number of rotatable bonds is 4. The number of nitrogens with zero attached hydrogens (tertiary/aromatic N) is 1. The van der Waals surface area contributed by atoms with Gasteiger partial charge in [-0.25, -0.2) is 0 Å². The van der Waals surface area contributed by atoms with Gasteiger partial charge >= 0.3 is 0 Å². The van der Waals surface area contributed by atoms with E-state index in [0.717, 1.165) is 6.54 Å². The summed E-state index contributed by atoms with van der Waals surface area (Å²) in [5, 5.41) is 0. The summed E-state index contributed by atoms with van der Waals surface area (Å²) < 4.78 is 0. The quantitative estimate of drug-likeness (QED) is 0.906. The number of nitrogens with two attached hydrogens (primary N) is 1. The predicted octanol–water partition coefficient (Wildman–Crippen LogP) is 3.40. The lowest BCUT2D eigenvalue weighted by atomic mass is 10.1. The molecule has 0 radical (unpaired) electrons. The summed E-state index contributed by atoms with van der Waals surface area (Å²) in [4.78, 5) is 2.27. The predicted molar refractivity (Wildman–Crippen MR) is 82.4 cm³/mol. The Kier molecular flexibility index (Phi) is 4.23. The average molecular weight is 254 g/mol. The molecule has 0 amide bonds. The highest BCUT2D eigenvalue weighted by molar-refractivity contribution is 5.50. The minimum absolute atomic E-state index is 0.604. The lowest BCUT2D eigenvalue weighted by Gasteiger charge is -2.20. The maximum Gasteiger partial charge on any atom is 0.0426 e. The third kappa shape index (κ3) is 3.36. The van der Waals surface area contributed by atoms with Crippen molar-refractivity contribution < 1.29 is 0 Å². The van der Waals surface area contributed by atoms with Crippen LogP contribution in [0.4, 0.5) is 5.69 Å². The van der Waals surface area contributed by atoms with Crippen molar-refractivity contribution >= 4 is 5.69 Å². The lowest BCUT2D eigenvalue weighted by molar-refractivity contribution is 0.918. The van der Waals surface area contributed by atoms with Crippen LogP contribution in [0.1, 0.15) is 22.3 Å². The Hall–Kier alpha value is -1.80. The molecule has 2 nitrogen and oxygen atoms in total. The Labute approximate surface area is 115 Å². The second-order valence-electron chi connectivity index (χ2n) is 5.15. The van der Waals surface area contributed by atoms with Gasteiger partial charge in [0.15, 0.2) is 0 Å². The molecule has 19 heavy (non-hydrogen) atoms. The Balaban J connectivity index is 2.10. The molecule has 0 aliphatic heterocycles. The molecule has 2 heteroatoms. The molecule has 2 N–H and O–H groups in total. The van der Waals surface area contributed by atoms with Crippen LogP contribution in [0, 0.1) is 13.8 Å². The van der Waals surface area contributed by atoms with Gasteiger partial charge in [0.1, 0.15) is 0 Å². The van der Waals surface area contributed by atoms with Crippen molar-refractivity contribution in [2.45, 2.75) is 26.9 Å². The van der Waals surface area contributed by atoms with Gasteiger partial charge in [0.05, 0.1) is 0 Å². The first kappa shape index (κ1) is 13.6. The van der Waals surface area contributed by atoms with Gasteiger partial charge in [0.2, 0.25) is 0 Å². The third-order valence-corrected chi connectivity index (χ3v) is 3.61. The van der Waals surface area contributed by atoms with E-state index >= 15 is 0 Å². The first-order valence-corrected chi connectivity index (χ1v) is 6.66. The summed E-state index contributed by atoms with van der Waals surface area (Å²) in [6, 6.07) is 15.1. The molecule has 2 aromatic carbocycles. The third-order valence-electron chi connectivity index (χ3n) is 3.61. The zero-order chi connectivity index (χ0) is 13.8. The molecule has 0 atom stereocenters. The second-order valence-corrected chi connectivity index (χ2v) is 5.15. The first-order valence-electron chi connectivity index (χ1n) is 6.66. The van der Waals surface area contributed by atoms with Crippen molar-refractivity contribution in [3.05, 3.63) is 64.7 Å².